The highest BCUT2D eigenvalue weighted by molar-refractivity contribution is 7.84. The molecule has 0 radical (unpaired) electrons. The van der Waals surface area contributed by atoms with Crippen LogP contribution in [0.25, 0.3) is 17.2 Å². The van der Waals surface area contributed by atoms with Crippen molar-refractivity contribution in [1.29, 1.82) is 0 Å². The predicted octanol–water partition coefficient (Wildman–Crippen LogP) is 5.44. The van der Waals surface area contributed by atoms with Crippen molar-refractivity contribution in [1.82, 2.24) is 0 Å². The first kappa shape index (κ1) is 36.1. The van der Waals surface area contributed by atoms with Gasteiger partial charge in [0.15, 0.2) is 0 Å². The van der Waals surface area contributed by atoms with E-state index in [2.05, 4.69) is 4.84 Å². The average Bonchev–Trinajstić information content (AvgIpc) is 3.29. The molecule has 11 nitrogen and oxygen atoms in total. The van der Waals surface area contributed by atoms with E-state index >= 15 is 0 Å². The standard InChI is InChI=1S/C34H33FN2O9S2/c1-21-28(17-22-5-12-26(13-6-22)48(2)42)27-14-9-24(35)18-30(27)29(21)19-32(38)46-31(20-43-15-3-4-16-44-37(40)41)34(39)45-25-10-7-23(8-11-25)33(36)47/h5-14,17-18,31H,3-4,15-16,19-20H2,1-2H3,(H2,36,47)/b28-17-. The number of rotatable bonds is 16. The van der Waals surface area contributed by atoms with Crippen molar-refractivity contribution < 1.29 is 42.3 Å². The maximum Gasteiger partial charge on any atom is 0.355 e. The number of benzene rings is 3. The number of thiocarbonyl (C=S) groups is 1. The molecule has 3 aromatic carbocycles. The molecule has 0 spiro atoms. The van der Waals surface area contributed by atoms with Crippen molar-refractivity contribution >= 4 is 57.2 Å². The Hall–Kier alpha value is -4.79. The number of carbonyl (C=O) groups is 2. The maximum absolute atomic E-state index is 14.4. The summed E-state index contributed by atoms with van der Waals surface area (Å²) in [5, 5.41) is 9.44. The van der Waals surface area contributed by atoms with E-state index in [-0.39, 0.29) is 37.0 Å². The zero-order valence-electron chi connectivity index (χ0n) is 26.1. The third-order valence-electron chi connectivity index (χ3n) is 7.34. The Morgan fingerprint density at radius 2 is 1.73 bits per heavy atom. The van der Waals surface area contributed by atoms with Crippen molar-refractivity contribution in [2.24, 2.45) is 5.73 Å². The molecule has 0 bridgehead atoms. The minimum Gasteiger partial charge on any atom is -0.448 e. The molecule has 0 fully saturated rings. The number of carbonyl (C=O) groups excluding carboxylic acids is 2. The lowest BCUT2D eigenvalue weighted by Crippen LogP contribution is -2.35. The number of hydrogen-bond donors (Lipinski definition) is 1. The summed E-state index contributed by atoms with van der Waals surface area (Å²) in [6, 6.07) is 17.6. The van der Waals surface area contributed by atoms with Crippen LogP contribution in [0.1, 0.15) is 48.4 Å². The van der Waals surface area contributed by atoms with Crippen molar-refractivity contribution in [3.63, 3.8) is 0 Å². The lowest BCUT2D eigenvalue weighted by Gasteiger charge is -2.18. The molecule has 4 rings (SSSR count). The second-order valence-corrected chi connectivity index (χ2v) is 12.5. The summed E-state index contributed by atoms with van der Waals surface area (Å²) in [5.41, 5.74) is 10.3. The van der Waals surface area contributed by atoms with Crippen molar-refractivity contribution in [3.05, 3.63) is 110 Å². The van der Waals surface area contributed by atoms with E-state index < -0.39 is 39.7 Å². The van der Waals surface area contributed by atoms with Crippen LogP contribution in [0.2, 0.25) is 0 Å². The Morgan fingerprint density at radius 3 is 2.38 bits per heavy atom. The molecule has 2 atom stereocenters. The van der Waals surface area contributed by atoms with E-state index in [1.54, 1.807) is 36.6 Å². The molecule has 48 heavy (non-hydrogen) atoms. The number of allylic oxidation sites excluding steroid dienone is 2. The highest BCUT2D eigenvalue weighted by atomic mass is 32.2. The molecule has 0 aliphatic heterocycles. The van der Waals surface area contributed by atoms with Crippen LogP contribution in [0.3, 0.4) is 0 Å². The molecule has 0 saturated carbocycles. The Balaban J connectivity index is 1.51. The summed E-state index contributed by atoms with van der Waals surface area (Å²) in [5.74, 6) is -2.00. The number of unbranched alkanes of at least 4 members (excludes halogenated alkanes) is 1. The number of halogens is 1. The molecular formula is C34H33FN2O9S2. The van der Waals surface area contributed by atoms with Crippen LogP contribution in [-0.4, -0.2) is 58.4 Å². The number of ether oxygens (including phenoxy) is 3. The Morgan fingerprint density at radius 1 is 1.04 bits per heavy atom. The molecule has 2 N–H and O–H groups in total. The summed E-state index contributed by atoms with van der Waals surface area (Å²) < 4.78 is 42.8. The van der Waals surface area contributed by atoms with Crippen LogP contribution < -0.4 is 10.5 Å². The maximum atomic E-state index is 14.4. The van der Waals surface area contributed by atoms with E-state index in [9.17, 15) is 28.3 Å². The Bertz CT molecular complexity index is 1770. The van der Waals surface area contributed by atoms with Gasteiger partial charge in [-0.25, -0.2) is 9.18 Å². The molecule has 252 valence electrons. The van der Waals surface area contributed by atoms with E-state index in [1.165, 1.54) is 24.3 Å². The van der Waals surface area contributed by atoms with Gasteiger partial charge in [-0.1, -0.05) is 30.4 Å². The van der Waals surface area contributed by atoms with Crippen LogP contribution in [0.15, 0.2) is 77.2 Å². The molecule has 2 unspecified atom stereocenters. The van der Waals surface area contributed by atoms with Gasteiger partial charge in [0.2, 0.25) is 6.10 Å². The first-order valence-corrected chi connectivity index (χ1v) is 16.7. The molecule has 0 heterocycles. The summed E-state index contributed by atoms with van der Waals surface area (Å²) >= 11 is 4.95. The minimum absolute atomic E-state index is 0.102. The Kier molecular flexibility index (Phi) is 12.7. The van der Waals surface area contributed by atoms with Gasteiger partial charge >= 0.3 is 11.9 Å². The zero-order valence-corrected chi connectivity index (χ0v) is 27.8. The van der Waals surface area contributed by atoms with Gasteiger partial charge in [0, 0.05) is 34.1 Å². The number of nitrogens with two attached hydrogens (primary N) is 1. The molecule has 0 saturated heterocycles. The van der Waals surface area contributed by atoms with E-state index in [1.807, 2.05) is 25.1 Å². The quantitative estimate of drug-likeness (QED) is 0.0508. The fourth-order valence-electron chi connectivity index (χ4n) is 4.90. The molecule has 1 aliphatic carbocycles. The monoisotopic (exact) mass is 696 g/mol. The summed E-state index contributed by atoms with van der Waals surface area (Å²) in [7, 11) is -1.13. The number of esters is 2. The second kappa shape index (κ2) is 16.9. The van der Waals surface area contributed by atoms with Gasteiger partial charge in [0.1, 0.15) is 16.6 Å². The van der Waals surface area contributed by atoms with E-state index in [4.69, 9.17) is 32.2 Å². The minimum atomic E-state index is -1.46. The number of hydrogen-bond acceptors (Lipinski definition) is 10. The predicted molar refractivity (Wildman–Crippen MR) is 181 cm³/mol. The molecule has 0 amide bonds. The topological polar surface area (TPSA) is 157 Å². The fraction of sp³-hybridized carbons (Fsp3) is 0.265. The van der Waals surface area contributed by atoms with Crippen molar-refractivity contribution in [2.45, 2.75) is 37.2 Å². The first-order valence-electron chi connectivity index (χ1n) is 14.7. The molecule has 3 aromatic rings. The van der Waals surface area contributed by atoms with E-state index in [0.29, 0.717) is 34.4 Å². The van der Waals surface area contributed by atoms with Gasteiger partial charge in [-0.2, -0.15) is 0 Å². The molecule has 14 heteroatoms. The molecule has 1 aliphatic rings. The lowest BCUT2D eigenvalue weighted by atomic mass is 10.0. The van der Waals surface area contributed by atoms with Crippen LogP contribution in [-0.2, 0) is 34.7 Å². The number of nitrogens with zero attached hydrogens (tertiary/aromatic N) is 1. The van der Waals surface area contributed by atoms with Crippen LogP contribution in [0, 0.1) is 15.9 Å². The Labute approximate surface area is 284 Å². The second-order valence-electron chi connectivity index (χ2n) is 10.7. The number of fused-ring (bicyclic) bond motifs is 1. The SMILES string of the molecule is CC1=C(CC(=O)OC(COCCCCO[N+](=O)[O-])C(=O)Oc2ccc(C(N)=S)cc2)c2cc(F)ccc2/C1=C\c1ccc(S(C)=O)cc1. The van der Waals surface area contributed by atoms with Crippen LogP contribution >= 0.6 is 12.2 Å². The summed E-state index contributed by atoms with van der Waals surface area (Å²) in [4.78, 5) is 42.0. The highest BCUT2D eigenvalue weighted by Crippen LogP contribution is 2.44. The van der Waals surface area contributed by atoms with Crippen molar-refractivity contribution in [2.75, 3.05) is 26.1 Å². The fourth-order valence-corrected chi connectivity index (χ4v) is 5.56. The lowest BCUT2D eigenvalue weighted by molar-refractivity contribution is -0.757. The van der Waals surface area contributed by atoms with Gasteiger partial charge in [0.05, 0.1) is 19.6 Å². The third-order valence-corrected chi connectivity index (χ3v) is 8.51. The summed E-state index contributed by atoms with van der Waals surface area (Å²) in [6.07, 6.45) is 2.46. The van der Waals surface area contributed by atoms with Gasteiger partial charge < -0.3 is 24.8 Å². The van der Waals surface area contributed by atoms with Gasteiger partial charge in [-0.3, -0.25) is 9.00 Å². The normalized spacial score (nSPS) is 14.3. The highest BCUT2D eigenvalue weighted by Gasteiger charge is 2.30. The zero-order chi connectivity index (χ0) is 34.8. The first-order chi connectivity index (χ1) is 22.9. The molecular weight excluding hydrogens is 664 g/mol. The largest absolute Gasteiger partial charge is 0.448 e. The smallest absolute Gasteiger partial charge is 0.355 e. The van der Waals surface area contributed by atoms with E-state index in [0.717, 1.165) is 22.3 Å². The van der Waals surface area contributed by atoms with Crippen LogP contribution in [0.5, 0.6) is 5.75 Å². The van der Waals surface area contributed by atoms with Gasteiger partial charge in [0.25, 0.3) is 5.09 Å². The van der Waals surface area contributed by atoms with Crippen molar-refractivity contribution in [3.8, 4) is 5.75 Å². The van der Waals surface area contributed by atoms with Crippen LogP contribution in [0.4, 0.5) is 4.39 Å². The average molecular weight is 697 g/mol. The summed E-state index contributed by atoms with van der Waals surface area (Å²) in [6.45, 7) is 1.46. The molecule has 0 aromatic heterocycles. The van der Waals surface area contributed by atoms with Gasteiger partial charge in [-0.05, 0) is 108 Å². The van der Waals surface area contributed by atoms with Gasteiger partial charge in [-0.15, -0.1) is 10.1 Å². The third kappa shape index (κ3) is 9.86.